The van der Waals surface area contributed by atoms with Gasteiger partial charge in [0.2, 0.25) is 5.82 Å². The van der Waals surface area contributed by atoms with Gasteiger partial charge in [0, 0.05) is 18.5 Å². The molecule has 1 N–H and O–H groups in total. The van der Waals surface area contributed by atoms with E-state index in [1.165, 1.54) is 5.56 Å². The normalized spacial score (nSPS) is 11.3. The second-order valence-corrected chi connectivity index (χ2v) is 8.05. The van der Waals surface area contributed by atoms with Crippen LogP contribution in [0.25, 0.3) is 17.2 Å². The SMILES string of the molecule is CCCCc1nc(CCC)nn1Cc1ccc(-n2c(Br)ccc2-c2nn[nH]n2)cc1. The van der Waals surface area contributed by atoms with Crippen LogP contribution < -0.4 is 0 Å². The number of tetrazole rings is 1. The van der Waals surface area contributed by atoms with Crippen molar-refractivity contribution in [1.82, 2.24) is 40.0 Å². The number of rotatable bonds is 9. The Morgan fingerprint density at radius 2 is 1.83 bits per heavy atom. The lowest BCUT2D eigenvalue weighted by Crippen LogP contribution is -2.07. The van der Waals surface area contributed by atoms with Gasteiger partial charge in [-0.15, -0.1) is 10.2 Å². The van der Waals surface area contributed by atoms with Crippen molar-refractivity contribution in [3.8, 4) is 17.2 Å². The van der Waals surface area contributed by atoms with Crippen molar-refractivity contribution in [1.29, 1.82) is 0 Å². The van der Waals surface area contributed by atoms with E-state index in [-0.39, 0.29) is 0 Å². The molecule has 9 heteroatoms. The Balaban J connectivity index is 1.58. The van der Waals surface area contributed by atoms with E-state index in [2.05, 4.69) is 83.9 Å². The number of hydrogen-bond donors (Lipinski definition) is 1. The molecule has 4 aromatic rings. The van der Waals surface area contributed by atoms with Gasteiger partial charge in [0.05, 0.1) is 16.8 Å². The van der Waals surface area contributed by atoms with Crippen molar-refractivity contribution in [2.75, 3.05) is 0 Å². The van der Waals surface area contributed by atoms with Crippen LogP contribution in [-0.2, 0) is 19.4 Å². The second-order valence-electron chi connectivity index (χ2n) is 7.23. The van der Waals surface area contributed by atoms with E-state index in [1.807, 2.05) is 12.1 Å². The molecule has 8 nitrogen and oxygen atoms in total. The molecule has 156 valence electrons. The van der Waals surface area contributed by atoms with E-state index >= 15 is 0 Å². The van der Waals surface area contributed by atoms with E-state index in [9.17, 15) is 0 Å². The van der Waals surface area contributed by atoms with Gasteiger partial charge in [-0.2, -0.15) is 10.3 Å². The average Bonchev–Trinajstić information content (AvgIpc) is 3.48. The lowest BCUT2D eigenvalue weighted by molar-refractivity contribution is 0.613. The molecule has 0 aliphatic carbocycles. The van der Waals surface area contributed by atoms with Crippen molar-refractivity contribution >= 4 is 15.9 Å². The summed E-state index contributed by atoms with van der Waals surface area (Å²) in [6.07, 6.45) is 5.23. The zero-order chi connectivity index (χ0) is 20.9. The third-order valence-electron chi connectivity index (χ3n) is 4.95. The number of aromatic nitrogens is 8. The minimum absolute atomic E-state index is 0.552. The molecule has 0 atom stereocenters. The van der Waals surface area contributed by atoms with Crippen LogP contribution in [0.3, 0.4) is 0 Å². The predicted molar refractivity (Wildman–Crippen MR) is 118 cm³/mol. The Morgan fingerprint density at radius 3 is 2.53 bits per heavy atom. The first kappa shape index (κ1) is 20.5. The van der Waals surface area contributed by atoms with Crippen molar-refractivity contribution in [3.63, 3.8) is 0 Å². The summed E-state index contributed by atoms with van der Waals surface area (Å²) in [6, 6.07) is 12.4. The largest absolute Gasteiger partial charge is 0.301 e. The fourth-order valence-electron chi connectivity index (χ4n) is 3.44. The number of aryl methyl sites for hydroxylation is 2. The van der Waals surface area contributed by atoms with Crippen LogP contribution in [-0.4, -0.2) is 40.0 Å². The number of unbranched alkanes of at least 4 members (excludes halogenated alkanes) is 1. The Bertz CT molecular complexity index is 1080. The predicted octanol–water partition coefficient (Wildman–Crippen LogP) is 4.35. The van der Waals surface area contributed by atoms with Crippen LogP contribution in [0.2, 0.25) is 0 Å². The van der Waals surface area contributed by atoms with Crippen LogP contribution in [0.1, 0.15) is 50.3 Å². The molecule has 3 heterocycles. The number of nitrogens with one attached hydrogen (secondary N) is 1. The first-order valence-electron chi connectivity index (χ1n) is 10.3. The number of benzene rings is 1. The van der Waals surface area contributed by atoms with Gasteiger partial charge < -0.3 is 4.57 Å². The minimum Gasteiger partial charge on any atom is -0.301 e. The Morgan fingerprint density at radius 1 is 1.00 bits per heavy atom. The molecule has 4 rings (SSSR count). The number of halogens is 1. The quantitative estimate of drug-likeness (QED) is 0.394. The van der Waals surface area contributed by atoms with Crippen LogP contribution in [0.5, 0.6) is 0 Å². The summed E-state index contributed by atoms with van der Waals surface area (Å²) < 4.78 is 5.04. The van der Waals surface area contributed by atoms with Gasteiger partial charge in [0.25, 0.3) is 0 Å². The molecule has 0 saturated carbocycles. The highest BCUT2D eigenvalue weighted by Gasteiger charge is 2.14. The van der Waals surface area contributed by atoms with Crippen molar-refractivity contribution in [2.24, 2.45) is 0 Å². The molecule has 0 aliphatic heterocycles. The average molecular weight is 469 g/mol. The van der Waals surface area contributed by atoms with E-state index in [1.54, 1.807) is 0 Å². The molecule has 0 bridgehead atoms. The summed E-state index contributed by atoms with van der Waals surface area (Å²) in [6.45, 7) is 5.09. The van der Waals surface area contributed by atoms with Crippen LogP contribution in [0, 0.1) is 0 Å². The maximum Gasteiger partial charge on any atom is 0.221 e. The molecule has 0 radical (unpaired) electrons. The summed E-state index contributed by atoms with van der Waals surface area (Å²) in [7, 11) is 0. The molecule has 0 fully saturated rings. The maximum absolute atomic E-state index is 4.76. The fraction of sp³-hybridized carbons (Fsp3) is 0.381. The summed E-state index contributed by atoms with van der Waals surface area (Å²) in [5.41, 5.74) is 3.08. The van der Waals surface area contributed by atoms with Crippen LogP contribution in [0.4, 0.5) is 0 Å². The minimum atomic E-state index is 0.552. The Labute approximate surface area is 183 Å². The highest BCUT2D eigenvalue weighted by Crippen LogP contribution is 2.27. The van der Waals surface area contributed by atoms with Gasteiger partial charge >= 0.3 is 0 Å². The van der Waals surface area contributed by atoms with E-state index in [0.29, 0.717) is 5.82 Å². The van der Waals surface area contributed by atoms with Gasteiger partial charge in [0.15, 0.2) is 5.82 Å². The Hall–Kier alpha value is -2.81. The summed E-state index contributed by atoms with van der Waals surface area (Å²) in [4.78, 5) is 4.76. The third-order valence-corrected chi connectivity index (χ3v) is 5.57. The van der Waals surface area contributed by atoms with Gasteiger partial charge in [-0.3, -0.25) is 0 Å². The van der Waals surface area contributed by atoms with E-state index in [4.69, 9.17) is 10.1 Å². The highest BCUT2D eigenvalue weighted by atomic mass is 79.9. The molecule has 0 spiro atoms. The summed E-state index contributed by atoms with van der Waals surface area (Å²) in [5, 5.41) is 19.1. The number of aromatic amines is 1. The third kappa shape index (κ3) is 4.35. The smallest absolute Gasteiger partial charge is 0.221 e. The van der Waals surface area contributed by atoms with Gasteiger partial charge in [-0.1, -0.05) is 32.4 Å². The number of hydrogen-bond acceptors (Lipinski definition) is 5. The lowest BCUT2D eigenvalue weighted by atomic mass is 10.2. The van der Waals surface area contributed by atoms with Crippen LogP contribution in [0.15, 0.2) is 41.0 Å². The van der Waals surface area contributed by atoms with Crippen molar-refractivity contribution in [3.05, 3.63) is 58.2 Å². The topological polar surface area (TPSA) is 90.1 Å². The fourth-order valence-corrected chi connectivity index (χ4v) is 3.97. The Kier molecular flexibility index (Phi) is 6.37. The van der Waals surface area contributed by atoms with E-state index in [0.717, 1.165) is 66.3 Å². The van der Waals surface area contributed by atoms with E-state index < -0.39 is 0 Å². The summed E-state index contributed by atoms with van der Waals surface area (Å²) >= 11 is 3.62. The molecule has 1 aromatic carbocycles. The first-order chi connectivity index (χ1) is 14.7. The molecule has 0 aliphatic rings. The van der Waals surface area contributed by atoms with Gasteiger partial charge in [-0.05, 0) is 63.8 Å². The molecule has 0 saturated heterocycles. The molecule has 0 unspecified atom stereocenters. The molecular formula is C21H25BrN8. The zero-order valence-electron chi connectivity index (χ0n) is 17.2. The summed E-state index contributed by atoms with van der Waals surface area (Å²) in [5.74, 6) is 2.58. The van der Waals surface area contributed by atoms with Crippen LogP contribution >= 0.6 is 15.9 Å². The lowest BCUT2D eigenvalue weighted by Gasteiger charge is -2.11. The molecule has 0 amide bonds. The van der Waals surface area contributed by atoms with Gasteiger partial charge in [-0.25, -0.2) is 9.67 Å². The molecule has 30 heavy (non-hydrogen) atoms. The standard InChI is InChI=1S/C21H25BrN8/c1-3-5-7-20-23-19(6-4-2)26-29(20)14-15-8-10-16(11-9-15)30-17(12-13-18(30)22)21-24-27-28-25-21/h8-13H,3-7,14H2,1-2H3,(H,24,25,27,28). The number of H-pyrrole nitrogens is 1. The molecule has 3 aromatic heterocycles. The maximum atomic E-state index is 4.76. The van der Waals surface area contributed by atoms with Crippen molar-refractivity contribution < 1.29 is 0 Å². The highest BCUT2D eigenvalue weighted by molar-refractivity contribution is 9.10. The van der Waals surface area contributed by atoms with Gasteiger partial charge in [0.1, 0.15) is 5.82 Å². The molecular weight excluding hydrogens is 444 g/mol. The van der Waals surface area contributed by atoms with Crippen molar-refractivity contribution in [2.45, 2.75) is 52.5 Å². The first-order valence-corrected chi connectivity index (χ1v) is 11.1. The monoisotopic (exact) mass is 468 g/mol. The zero-order valence-corrected chi connectivity index (χ0v) is 18.8. The second kappa shape index (κ2) is 9.34. The number of nitrogens with zero attached hydrogens (tertiary/aromatic N) is 7.